The number of carbonyl (C=O) groups is 1. The zero-order valence-electron chi connectivity index (χ0n) is 13.4. The molecule has 0 radical (unpaired) electrons. The summed E-state index contributed by atoms with van der Waals surface area (Å²) in [7, 11) is 1.43. The van der Waals surface area contributed by atoms with Crippen LogP contribution in [0.25, 0.3) is 0 Å². The number of methoxy groups -OCH3 is 1. The highest BCUT2D eigenvalue weighted by atomic mass is 16.5. The number of carbonyl (C=O) groups excluding carboxylic acids is 1. The maximum Gasteiger partial charge on any atom is 0.339 e. The van der Waals surface area contributed by atoms with Crippen molar-refractivity contribution in [3.8, 4) is 0 Å². The zero-order valence-corrected chi connectivity index (χ0v) is 13.4. The number of ether oxygens (including phenoxy) is 1. The molecule has 2 rings (SSSR count). The molecule has 0 amide bonds. The van der Waals surface area contributed by atoms with Crippen molar-refractivity contribution in [1.82, 2.24) is 0 Å². The third-order valence-corrected chi connectivity index (χ3v) is 4.28. The number of benzene rings is 1. The molecule has 3 nitrogen and oxygen atoms in total. The standard InChI is InChI=1S/C18H27NO2/c1-13(2)11-14-7-6-8-15(12-14)19-17-10-5-4-9-16(17)18(20)21-3/h4-5,9-10,13-15,19H,6-8,11-12H2,1-3H3. The third-order valence-electron chi connectivity index (χ3n) is 4.28. The van der Waals surface area contributed by atoms with Gasteiger partial charge in [0.25, 0.3) is 0 Å². The van der Waals surface area contributed by atoms with E-state index in [9.17, 15) is 4.79 Å². The van der Waals surface area contributed by atoms with E-state index in [1.54, 1.807) is 0 Å². The topological polar surface area (TPSA) is 38.3 Å². The average Bonchev–Trinajstić information content (AvgIpc) is 2.47. The van der Waals surface area contributed by atoms with Gasteiger partial charge in [0.1, 0.15) is 0 Å². The van der Waals surface area contributed by atoms with Gasteiger partial charge in [-0.05, 0) is 43.2 Å². The second-order valence-corrected chi connectivity index (χ2v) is 6.54. The highest BCUT2D eigenvalue weighted by molar-refractivity contribution is 5.95. The van der Waals surface area contributed by atoms with E-state index in [2.05, 4.69) is 19.2 Å². The molecular weight excluding hydrogens is 262 g/mol. The van der Waals surface area contributed by atoms with Crippen LogP contribution < -0.4 is 5.32 Å². The molecule has 1 saturated carbocycles. The summed E-state index contributed by atoms with van der Waals surface area (Å²) in [5.74, 6) is 1.30. The molecule has 0 bridgehead atoms. The van der Waals surface area contributed by atoms with Crippen molar-refractivity contribution in [2.45, 2.75) is 52.0 Å². The Labute approximate surface area is 128 Å². The smallest absolute Gasteiger partial charge is 0.339 e. The lowest BCUT2D eigenvalue weighted by molar-refractivity contribution is 0.0601. The van der Waals surface area contributed by atoms with Gasteiger partial charge in [-0.3, -0.25) is 0 Å². The van der Waals surface area contributed by atoms with Crippen LogP contribution >= 0.6 is 0 Å². The predicted octanol–water partition coefficient (Wildman–Crippen LogP) is 4.49. The minimum Gasteiger partial charge on any atom is -0.465 e. The Morgan fingerprint density at radius 1 is 1.33 bits per heavy atom. The number of para-hydroxylation sites is 1. The zero-order chi connectivity index (χ0) is 15.2. The Hall–Kier alpha value is -1.51. The van der Waals surface area contributed by atoms with Gasteiger partial charge >= 0.3 is 5.97 Å². The second kappa shape index (κ2) is 7.48. The number of hydrogen-bond donors (Lipinski definition) is 1. The van der Waals surface area contributed by atoms with Gasteiger partial charge in [-0.1, -0.05) is 38.8 Å². The van der Waals surface area contributed by atoms with Gasteiger partial charge in [0.15, 0.2) is 0 Å². The van der Waals surface area contributed by atoms with Crippen LogP contribution in [0.2, 0.25) is 0 Å². The Bertz CT molecular complexity index is 470. The molecular formula is C18H27NO2. The van der Waals surface area contributed by atoms with E-state index in [1.165, 1.54) is 39.2 Å². The highest BCUT2D eigenvalue weighted by Gasteiger charge is 2.23. The van der Waals surface area contributed by atoms with Crippen LogP contribution in [0.15, 0.2) is 24.3 Å². The first kappa shape index (κ1) is 15.9. The first-order chi connectivity index (χ1) is 10.1. The number of esters is 1. The molecule has 3 heteroatoms. The summed E-state index contributed by atoms with van der Waals surface area (Å²) in [4.78, 5) is 11.8. The van der Waals surface area contributed by atoms with Gasteiger partial charge in [0.05, 0.1) is 12.7 Å². The maximum absolute atomic E-state index is 11.8. The molecule has 0 aliphatic heterocycles. The van der Waals surface area contributed by atoms with Gasteiger partial charge in [-0.25, -0.2) is 4.79 Å². The summed E-state index contributed by atoms with van der Waals surface area (Å²) < 4.78 is 4.86. The fraction of sp³-hybridized carbons (Fsp3) is 0.611. The maximum atomic E-state index is 11.8. The molecule has 1 N–H and O–H groups in total. The SMILES string of the molecule is COC(=O)c1ccccc1NC1CCCC(CC(C)C)C1. The van der Waals surface area contributed by atoms with Crippen molar-refractivity contribution < 1.29 is 9.53 Å². The van der Waals surface area contributed by atoms with Crippen molar-refractivity contribution in [3.05, 3.63) is 29.8 Å². The van der Waals surface area contributed by atoms with Crippen molar-refractivity contribution >= 4 is 11.7 Å². The molecule has 0 aromatic heterocycles. The molecule has 0 heterocycles. The van der Waals surface area contributed by atoms with Gasteiger partial charge in [0, 0.05) is 11.7 Å². The summed E-state index contributed by atoms with van der Waals surface area (Å²) in [5, 5.41) is 3.57. The molecule has 1 aromatic rings. The Kier molecular flexibility index (Phi) is 5.66. The molecule has 2 unspecified atom stereocenters. The summed E-state index contributed by atoms with van der Waals surface area (Å²) >= 11 is 0. The first-order valence-electron chi connectivity index (χ1n) is 8.04. The van der Waals surface area contributed by atoms with Crippen LogP contribution in [0.5, 0.6) is 0 Å². The summed E-state index contributed by atoms with van der Waals surface area (Å²) in [6.07, 6.45) is 6.30. The monoisotopic (exact) mass is 289 g/mol. The fourth-order valence-corrected chi connectivity index (χ4v) is 3.42. The Morgan fingerprint density at radius 2 is 2.10 bits per heavy atom. The molecule has 1 aliphatic rings. The van der Waals surface area contributed by atoms with Gasteiger partial charge < -0.3 is 10.1 Å². The summed E-state index contributed by atoms with van der Waals surface area (Å²) in [5.41, 5.74) is 1.53. The average molecular weight is 289 g/mol. The number of rotatable bonds is 5. The quantitative estimate of drug-likeness (QED) is 0.812. The molecule has 1 fully saturated rings. The van der Waals surface area contributed by atoms with E-state index in [1.807, 2.05) is 24.3 Å². The largest absolute Gasteiger partial charge is 0.465 e. The summed E-state index contributed by atoms with van der Waals surface area (Å²) in [6.45, 7) is 4.59. The Balaban J connectivity index is 2.02. The van der Waals surface area contributed by atoms with Crippen LogP contribution in [-0.4, -0.2) is 19.1 Å². The van der Waals surface area contributed by atoms with E-state index >= 15 is 0 Å². The normalized spacial score (nSPS) is 22.1. The molecule has 116 valence electrons. The van der Waals surface area contributed by atoms with Gasteiger partial charge in [0.2, 0.25) is 0 Å². The number of nitrogens with one attached hydrogen (secondary N) is 1. The molecule has 1 aliphatic carbocycles. The lowest BCUT2D eigenvalue weighted by Gasteiger charge is -2.31. The highest BCUT2D eigenvalue weighted by Crippen LogP contribution is 2.31. The summed E-state index contributed by atoms with van der Waals surface area (Å²) in [6, 6.07) is 8.09. The van der Waals surface area contributed by atoms with Crippen LogP contribution in [0, 0.1) is 11.8 Å². The fourth-order valence-electron chi connectivity index (χ4n) is 3.42. The molecule has 1 aromatic carbocycles. The van der Waals surface area contributed by atoms with Crippen molar-refractivity contribution in [2.75, 3.05) is 12.4 Å². The van der Waals surface area contributed by atoms with E-state index < -0.39 is 0 Å². The molecule has 21 heavy (non-hydrogen) atoms. The van der Waals surface area contributed by atoms with Crippen molar-refractivity contribution in [2.24, 2.45) is 11.8 Å². The molecule has 0 saturated heterocycles. The van der Waals surface area contributed by atoms with Crippen LogP contribution in [0.1, 0.15) is 56.3 Å². The minimum atomic E-state index is -0.271. The lowest BCUT2D eigenvalue weighted by Crippen LogP contribution is -2.28. The van der Waals surface area contributed by atoms with Gasteiger partial charge in [-0.2, -0.15) is 0 Å². The number of anilines is 1. The van der Waals surface area contributed by atoms with E-state index in [0.717, 1.165) is 17.5 Å². The van der Waals surface area contributed by atoms with Crippen LogP contribution in [-0.2, 0) is 4.74 Å². The van der Waals surface area contributed by atoms with Crippen LogP contribution in [0.4, 0.5) is 5.69 Å². The van der Waals surface area contributed by atoms with E-state index in [4.69, 9.17) is 4.74 Å². The third kappa shape index (κ3) is 4.48. The predicted molar refractivity (Wildman–Crippen MR) is 86.6 cm³/mol. The minimum absolute atomic E-state index is 0.271. The Morgan fingerprint density at radius 3 is 2.81 bits per heavy atom. The molecule has 2 atom stereocenters. The van der Waals surface area contributed by atoms with Crippen molar-refractivity contribution in [1.29, 1.82) is 0 Å². The molecule has 0 spiro atoms. The van der Waals surface area contributed by atoms with Gasteiger partial charge in [-0.15, -0.1) is 0 Å². The van der Waals surface area contributed by atoms with E-state index in [-0.39, 0.29) is 5.97 Å². The van der Waals surface area contributed by atoms with Crippen LogP contribution in [0.3, 0.4) is 0 Å². The van der Waals surface area contributed by atoms with E-state index in [0.29, 0.717) is 11.6 Å². The second-order valence-electron chi connectivity index (χ2n) is 6.54. The number of hydrogen-bond acceptors (Lipinski definition) is 3. The lowest BCUT2D eigenvalue weighted by atomic mass is 9.81. The first-order valence-corrected chi connectivity index (χ1v) is 8.04. The van der Waals surface area contributed by atoms with Crippen molar-refractivity contribution in [3.63, 3.8) is 0 Å².